The van der Waals surface area contributed by atoms with E-state index in [1.165, 1.54) is 6.08 Å². The van der Waals surface area contributed by atoms with Gasteiger partial charge in [0.15, 0.2) is 0 Å². The lowest BCUT2D eigenvalue weighted by Crippen LogP contribution is -2.13. The van der Waals surface area contributed by atoms with Crippen LogP contribution in [-0.4, -0.2) is 19.0 Å². The molecule has 1 radical (unpaired) electrons. The molecule has 0 unspecified atom stereocenters. The summed E-state index contributed by atoms with van der Waals surface area (Å²) in [6.45, 7) is 3.66. The van der Waals surface area contributed by atoms with Gasteiger partial charge in [0, 0.05) is 10.6 Å². The van der Waals surface area contributed by atoms with E-state index < -0.39 is 6.09 Å². The number of amides is 1. The minimum absolute atomic E-state index is 0.206. The first-order chi connectivity index (χ1) is 7.26. The van der Waals surface area contributed by atoms with Gasteiger partial charge < -0.3 is 4.74 Å². The van der Waals surface area contributed by atoms with Crippen molar-refractivity contribution < 1.29 is 9.53 Å². The van der Waals surface area contributed by atoms with Crippen LogP contribution in [0.5, 0.6) is 0 Å². The number of benzene rings is 1. The number of hydrogen-bond donors (Lipinski definition) is 1. The molecule has 1 aromatic rings. The molecule has 0 aliphatic rings. The standard InChI is InChI=1S/C11H12NO2S/c1-3-7-14-11(13)12-9-5-4-6-10(8-9)15-2/h3,5-6,8H,1,7H2,2H3,(H,12,13). The highest BCUT2D eigenvalue weighted by molar-refractivity contribution is 7.98. The summed E-state index contributed by atoms with van der Waals surface area (Å²) in [5.41, 5.74) is 0.677. The topological polar surface area (TPSA) is 38.3 Å². The average Bonchev–Trinajstić information content (AvgIpc) is 2.26. The van der Waals surface area contributed by atoms with Gasteiger partial charge in [0.05, 0.1) is 0 Å². The molecule has 0 bridgehead atoms. The summed E-state index contributed by atoms with van der Waals surface area (Å²) in [5.74, 6) is 0. The maximum absolute atomic E-state index is 11.2. The van der Waals surface area contributed by atoms with E-state index in [1.807, 2.05) is 18.4 Å². The fraction of sp³-hybridized carbons (Fsp3) is 0.182. The lowest BCUT2D eigenvalue weighted by molar-refractivity contribution is 0.174. The van der Waals surface area contributed by atoms with Gasteiger partial charge in [-0.1, -0.05) is 12.7 Å². The second-order valence-electron chi connectivity index (χ2n) is 2.67. The van der Waals surface area contributed by atoms with Crippen LogP contribution in [0.4, 0.5) is 10.5 Å². The number of carbonyl (C=O) groups excluding carboxylic acids is 1. The number of anilines is 1. The molecule has 0 heterocycles. The molecule has 0 aliphatic carbocycles. The number of thioether (sulfide) groups is 1. The molecule has 0 saturated carbocycles. The van der Waals surface area contributed by atoms with Gasteiger partial charge in [0.25, 0.3) is 0 Å². The van der Waals surface area contributed by atoms with Crippen LogP contribution in [0.1, 0.15) is 0 Å². The van der Waals surface area contributed by atoms with Crippen LogP contribution < -0.4 is 5.32 Å². The predicted octanol–water partition coefficient (Wildman–Crippen LogP) is 2.94. The summed E-state index contributed by atoms with van der Waals surface area (Å²) in [4.78, 5) is 12.2. The zero-order chi connectivity index (χ0) is 11.1. The summed E-state index contributed by atoms with van der Waals surface area (Å²) in [6.07, 6.45) is 2.99. The van der Waals surface area contributed by atoms with Gasteiger partial charge >= 0.3 is 6.09 Å². The Morgan fingerprint density at radius 2 is 2.53 bits per heavy atom. The average molecular weight is 222 g/mol. The molecule has 79 valence electrons. The lowest BCUT2D eigenvalue weighted by Gasteiger charge is -2.05. The summed E-state index contributed by atoms with van der Waals surface area (Å²) >= 11 is 1.59. The molecule has 0 spiro atoms. The number of nitrogens with one attached hydrogen (secondary N) is 1. The lowest BCUT2D eigenvalue weighted by atomic mass is 10.3. The maximum Gasteiger partial charge on any atom is 0.411 e. The largest absolute Gasteiger partial charge is 0.445 e. The molecule has 1 aromatic carbocycles. The van der Waals surface area contributed by atoms with Gasteiger partial charge in [-0.25, -0.2) is 4.79 Å². The maximum atomic E-state index is 11.2. The minimum Gasteiger partial charge on any atom is -0.445 e. The Balaban J connectivity index is 2.55. The van der Waals surface area contributed by atoms with E-state index in [0.717, 1.165) is 4.90 Å². The Kier molecular flexibility index (Phi) is 4.77. The number of hydrogen-bond acceptors (Lipinski definition) is 3. The molecular weight excluding hydrogens is 210 g/mol. The van der Waals surface area contributed by atoms with Crippen molar-refractivity contribution in [2.24, 2.45) is 0 Å². The van der Waals surface area contributed by atoms with Crippen molar-refractivity contribution in [1.82, 2.24) is 0 Å². The fourth-order valence-corrected chi connectivity index (χ4v) is 1.36. The van der Waals surface area contributed by atoms with Crippen molar-refractivity contribution >= 4 is 23.5 Å². The predicted molar refractivity (Wildman–Crippen MR) is 62.2 cm³/mol. The molecule has 1 N–H and O–H groups in total. The monoisotopic (exact) mass is 222 g/mol. The van der Waals surface area contributed by atoms with Crippen molar-refractivity contribution in [2.75, 3.05) is 18.2 Å². The van der Waals surface area contributed by atoms with E-state index in [0.29, 0.717) is 5.69 Å². The van der Waals surface area contributed by atoms with Crippen molar-refractivity contribution in [3.8, 4) is 0 Å². The fourth-order valence-electron chi connectivity index (χ4n) is 0.929. The van der Waals surface area contributed by atoms with E-state index in [1.54, 1.807) is 17.8 Å². The number of carbonyl (C=O) groups is 1. The summed E-state index contributed by atoms with van der Waals surface area (Å²) in [5, 5.41) is 2.60. The van der Waals surface area contributed by atoms with E-state index >= 15 is 0 Å². The van der Waals surface area contributed by atoms with Crippen LogP contribution in [0.25, 0.3) is 0 Å². The number of ether oxygens (including phenoxy) is 1. The molecule has 0 saturated heterocycles. The highest BCUT2D eigenvalue weighted by Crippen LogP contribution is 2.18. The van der Waals surface area contributed by atoms with E-state index in [9.17, 15) is 4.79 Å². The Labute approximate surface area is 93.5 Å². The van der Waals surface area contributed by atoms with Gasteiger partial charge in [-0.15, -0.1) is 11.8 Å². The zero-order valence-electron chi connectivity index (χ0n) is 8.45. The molecule has 4 heteroatoms. The van der Waals surface area contributed by atoms with Crippen LogP contribution >= 0.6 is 11.8 Å². The van der Waals surface area contributed by atoms with Crippen molar-refractivity contribution in [3.63, 3.8) is 0 Å². The first-order valence-electron chi connectivity index (χ1n) is 4.36. The molecular formula is C11H12NO2S. The Hall–Kier alpha value is -1.42. The van der Waals surface area contributed by atoms with Crippen LogP contribution in [0.3, 0.4) is 0 Å². The molecule has 0 atom stereocenters. The molecule has 1 rings (SSSR count). The van der Waals surface area contributed by atoms with E-state index in [4.69, 9.17) is 4.74 Å². The summed E-state index contributed by atoms with van der Waals surface area (Å²) < 4.78 is 4.78. The quantitative estimate of drug-likeness (QED) is 0.628. The SMILES string of the molecule is C=CCOC(=O)Nc1c[c]cc(SC)c1. The third-order valence-electron chi connectivity index (χ3n) is 1.58. The van der Waals surface area contributed by atoms with Crippen LogP contribution in [-0.2, 0) is 4.74 Å². The van der Waals surface area contributed by atoms with E-state index in [-0.39, 0.29) is 6.61 Å². The third-order valence-corrected chi connectivity index (χ3v) is 2.28. The normalized spacial score (nSPS) is 9.40. The Morgan fingerprint density at radius 3 is 3.20 bits per heavy atom. The van der Waals surface area contributed by atoms with Gasteiger partial charge in [0.2, 0.25) is 0 Å². The van der Waals surface area contributed by atoms with Gasteiger partial charge in [0.1, 0.15) is 6.61 Å². The van der Waals surface area contributed by atoms with Crippen molar-refractivity contribution in [3.05, 3.63) is 36.9 Å². The Bertz CT molecular complexity index is 352. The number of rotatable bonds is 4. The molecule has 1 amide bonds. The first kappa shape index (κ1) is 11.7. The summed E-state index contributed by atoms with van der Waals surface area (Å²) in [6, 6.07) is 8.33. The van der Waals surface area contributed by atoms with Crippen LogP contribution in [0.15, 0.2) is 35.7 Å². The minimum atomic E-state index is -0.485. The van der Waals surface area contributed by atoms with Crippen LogP contribution in [0.2, 0.25) is 0 Å². The molecule has 15 heavy (non-hydrogen) atoms. The molecule has 0 aromatic heterocycles. The van der Waals surface area contributed by atoms with Gasteiger partial charge in [-0.05, 0) is 30.5 Å². The summed E-state index contributed by atoms with van der Waals surface area (Å²) in [7, 11) is 0. The van der Waals surface area contributed by atoms with Crippen molar-refractivity contribution in [1.29, 1.82) is 0 Å². The van der Waals surface area contributed by atoms with E-state index in [2.05, 4.69) is 18.0 Å². The third kappa shape index (κ3) is 4.08. The Morgan fingerprint density at radius 1 is 1.73 bits per heavy atom. The second-order valence-corrected chi connectivity index (χ2v) is 3.55. The zero-order valence-corrected chi connectivity index (χ0v) is 9.26. The molecule has 3 nitrogen and oxygen atoms in total. The second kappa shape index (κ2) is 6.14. The smallest absolute Gasteiger partial charge is 0.411 e. The highest BCUT2D eigenvalue weighted by Gasteiger charge is 2.01. The molecule has 0 fully saturated rings. The van der Waals surface area contributed by atoms with Crippen molar-refractivity contribution in [2.45, 2.75) is 4.90 Å². The molecule has 0 aliphatic heterocycles. The van der Waals surface area contributed by atoms with Gasteiger partial charge in [-0.3, -0.25) is 5.32 Å². The van der Waals surface area contributed by atoms with Crippen LogP contribution in [0, 0.1) is 6.07 Å². The first-order valence-corrected chi connectivity index (χ1v) is 5.58. The highest BCUT2D eigenvalue weighted by atomic mass is 32.2. The van der Waals surface area contributed by atoms with Gasteiger partial charge in [-0.2, -0.15) is 0 Å².